The van der Waals surface area contributed by atoms with Crippen LogP contribution in [0.3, 0.4) is 0 Å². The number of benzene rings is 1. The first-order valence-electron chi connectivity index (χ1n) is 4.01. The highest BCUT2D eigenvalue weighted by atomic mass is 79.9. The number of nitrogens with zero attached hydrogens (tertiary/aromatic N) is 1. The lowest BCUT2D eigenvalue weighted by molar-refractivity contribution is 0.507. The van der Waals surface area contributed by atoms with Gasteiger partial charge in [0.1, 0.15) is 5.84 Å². The van der Waals surface area contributed by atoms with Crippen molar-refractivity contribution in [2.45, 2.75) is 6.92 Å². The van der Waals surface area contributed by atoms with Crippen LogP contribution in [0.2, 0.25) is 0 Å². The molecule has 0 aliphatic heterocycles. The van der Waals surface area contributed by atoms with Crippen molar-refractivity contribution in [3.8, 4) is 0 Å². The van der Waals surface area contributed by atoms with Gasteiger partial charge in [-0.05, 0) is 35.0 Å². The van der Waals surface area contributed by atoms with Crippen LogP contribution in [0.25, 0.3) is 0 Å². The monoisotopic (exact) mass is 262 g/mol. The molecule has 5 heteroatoms. The molecule has 1 aromatic carbocycles. The van der Waals surface area contributed by atoms with Crippen molar-refractivity contribution in [1.29, 1.82) is 0 Å². The molecule has 0 aliphatic rings. The molecule has 0 atom stereocenters. The predicted molar refractivity (Wildman–Crippen MR) is 55.3 cm³/mol. The van der Waals surface area contributed by atoms with Gasteiger partial charge < -0.3 is 5.73 Å². The second-order valence-corrected chi connectivity index (χ2v) is 3.46. The van der Waals surface area contributed by atoms with Crippen molar-refractivity contribution in [3.05, 3.63) is 33.8 Å². The van der Waals surface area contributed by atoms with Gasteiger partial charge in [0.15, 0.2) is 11.6 Å². The molecule has 0 aliphatic carbocycles. The van der Waals surface area contributed by atoms with E-state index in [-0.39, 0.29) is 5.84 Å². The Labute approximate surface area is 89.0 Å². The van der Waals surface area contributed by atoms with E-state index in [2.05, 4.69) is 20.9 Å². The molecular weight excluding hydrogens is 254 g/mol. The van der Waals surface area contributed by atoms with Gasteiger partial charge in [-0.25, -0.2) is 8.78 Å². The maximum Gasteiger partial charge on any atom is 0.159 e. The van der Waals surface area contributed by atoms with Crippen LogP contribution in [0.4, 0.5) is 8.78 Å². The van der Waals surface area contributed by atoms with Gasteiger partial charge >= 0.3 is 0 Å². The minimum Gasteiger partial charge on any atom is -0.383 e. The summed E-state index contributed by atoms with van der Waals surface area (Å²) in [6.45, 7) is 2.30. The van der Waals surface area contributed by atoms with E-state index < -0.39 is 11.6 Å². The second-order valence-electron chi connectivity index (χ2n) is 2.61. The van der Waals surface area contributed by atoms with Crippen LogP contribution in [0.1, 0.15) is 12.5 Å². The highest BCUT2D eigenvalue weighted by molar-refractivity contribution is 9.10. The number of hydrogen-bond donors (Lipinski definition) is 1. The van der Waals surface area contributed by atoms with Crippen molar-refractivity contribution < 1.29 is 8.78 Å². The first-order valence-corrected chi connectivity index (χ1v) is 4.80. The van der Waals surface area contributed by atoms with Gasteiger partial charge in [-0.3, -0.25) is 4.99 Å². The lowest BCUT2D eigenvalue weighted by Crippen LogP contribution is -2.15. The van der Waals surface area contributed by atoms with Gasteiger partial charge in [-0.1, -0.05) is 0 Å². The summed E-state index contributed by atoms with van der Waals surface area (Å²) in [5, 5.41) is 0. The summed E-state index contributed by atoms with van der Waals surface area (Å²) in [4.78, 5) is 3.90. The Bertz CT molecular complexity index is 377. The molecule has 1 rings (SSSR count). The van der Waals surface area contributed by atoms with E-state index in [0.29, 0.717) is 16.6 Å². The predicted octanol–water partition coefficient (Wildman–Crippen LogP) is 2.45. The number of aliphatic imine (C=N–C) groups is 1. The molecule has 0 heterocycles. The van der Waals surface area contributed by atoms with Crippen LogP contribution in [0, 0.1) is 11.6 Å². The second kappa shape index (κ2) is 4.50. The lowest BCUT2D eigenvalue weighted by atomic mass is 10.2. The van der Waals surface area contributed by atoms with E-state index >= 15 is 0 Å². The molecule has 0 bridgehead atoms. The van der Waals surface area contributed by atoms with Gasteiger partial charge in [0, 0.05) is 16.6 Å². The normalized spacial score (nSPS) is 11.9. The average Bonchev–Trinajstić information content (AvgIpc) is 2.11. The molecule has 0 unspecified atom stereocenters. The first-order chi connectivity index (χ1) is 6.56. The van der Waals surface area contributed by atoms with E-state index in [1.165, 1.54) is 0 Å². The Hall–Kier alpha value is -0.970. The van der Waals surface area contributed by atoms with Gasteiger partial charge in [0.25, 0.3) is 0 Å². The maximum absolute atomic E-state index is 12.9. The van der Waals surface area contributed by atoms with Gasteiger partial charge in [-0.15, -0.1) is 0 Å². The molecule has 0 saturated heterocycles. The Morgan fingerprint density at radius 3 is 2.57 bits per heavy atom. The molecule has 0 saturated carbocycles. The van der Waals surface area contributed by atoms with Crippen molar-refractivity contribution in [3.63, 3.8) is 0 Å². The average molecular weight is 263 g/mol. The topological polar surface area (TPSA) is 38.4 Å². The summed E-state index contributed by atoms with van der Waals surface area (Å²) < 4.78 is 26.0. The fraction of sp³-hybridized carbons (Fsp3) is 0.222. The zero-order valence-electron chi connectivity index (χ0n) is 7.52. The van der Waals surface area contributed by atoms with Crippen molar-refractivity contribution in [2.75, 3.05) is 6.54 Å². The fourth-order valence-corrected chi connectivity index (χ4v) is 1.49. The van der Waals surface area contributed by atoms with Crippen molar-refractivity contribution in [2.24, 2.45) is 10.7 Å². The zero-order chi connectivity index (χ0) is 10.7. The van der Waals surface area contributed by atoms with Gasteiger partial charge in [0.05, 0.1) is 0 Å². The minimum atomic E-state index is -0.933. The Balaban J connectivity index is 3.22. The summed E-state index contributed by atoms with van der Waals surface area (Å²) in [6, 6.07) is 2.05. The number of nitrogens with two attached hydrogens (primary N) is 1. The quantitative estimate of drug-likeness (QED) is 0.496. The first kappa shape index (κ1) is 11.1. The Kier molecular flexibility index (Phi) is 3.57. The van der Waals surface area contributed by atoms with Crippen LogP contribution >= 0.6 is 15.9 Å². The molecule has 0 spiro atoms. The standard InChI is InChI=1S/C9H9BrF2N2/c1-2-14-9(13)5-3-7(11)8(12)4-6(5)10/h3-4H,2H2,1H3,(H2,13,14). The van der Waals surface area contributed by atoms with E-state index in [4.69, 9.17) is 5.73 Å². The molecule has 0 radical (unpaired) electrons. The summed E-state index contributed by atoms with van der Waals surface area (Å²) >= 11 is 3.08. The number of amidine groups is 1. The van der Waals surface area contributed by atoms with E-state index in [9.17, 15) is 8.78 Å². The summed E-state index contributed by atoms with van der Waals surface area (Å²) in [7, 11) is 0. The third kappa shape index (κ3) is 2.29. The molecule has 0 aromatic heterocycles. The molecule has 14 heavy (non-hydrogen) atoms. The number of halogens is 3. The number of rotatable bonds is 2. The molecule has 2 nitrogen and oxygen atoms in total. The fourth-order valence-electron chi connectivity index (χ4n) is 0.974. The molecule has 0 amide bonds. The van der Waals surface area contributed by atoms with Gasteiger partial charge in [-0.2, -0.15) is 0 Å². The molecule has 76 valence electrons. The lowest BCUT2D eigenvalue weighted by Gasteiger charge is -2.04. The van der Waals surface area contributed by atoms with Crippen LogP contribution in [-0.4, -0.2) is 12.4 Å². The highest BCUT2D eigenvalue weighted by Gasteiger charge is 2.10. The SMILES string of the molecule is CCN=C(N)c1cc(F)c(F)cc1Br. The minimum absolute atomic E-state index is 0.193. The largest absolute Gasteiger partial charge is 0.383 e. The van der Waals surface area contributed by atoms with E-state index in [0.717, 1.165) is 12.1 Å². The van der Waals surface area contributed by atoms with Crippen molar-refractivity contribution in [1.82, 2.24) is 0 Å². The van der Waals surface area contributed by atoms with Crippen LogP contribution in [-0.2, 0) is 0 Å². The van der Waals surface area contributed by atoms with Crippen LogP contribution in [0.15, 0.2) is 21.6 Å². The third-order valence-electron chi connectivity index (χ3n) is 1.61. The van der Waals surface area contributed by atoms with E-state index in [1.54, 1.807) is 6.92 Å². The van der Waals surface area contributed by atoms with Crippen LogP contribution < -0.4 is 5.73 Å². The Morgan fingerprint density at radius 1 is 1.43 bits per heavy atom. The summed E-state index contributed by atoms with van der Waals surface area (Å²) in [6.07, 6.45) is 0. The smallest absolute Gasteiger partial charge is 0.159 e. The highest BCUT2D eigenvalue weighted by Crippen LogP contribution is 2.20. The summed E-state index contributed by atoms with van der Waals surface area (Å²) in [5.41, 5.74) is 5.92. The molecule has 0 fully saturated rings. The van der Waals surface area contributed by atoms with Gasteiger partial charge in [0.2, 0.25) is 0 Å². The van der Waals surface area contributed by atoms with Crippen LogP contribution in [0.5, 0.6) is 0 Å². The molecular formula is C9H9BrF2N2. The molecule has 2 N–H and O–H groups in total. The zero-order valence-corrected chi connectivity index (χ0v) is 9.11. The van der Waals surface area contributed by atoms with Crippen molar-refractivity contribution >= 4 is 21.8 Å². The summed E-state index contributed by atoms with van der Waals surface area (Å²) in [5.74, 6) is -1.65. The molecule has 1 aromatic rings. The maximum atomic E-state index is 12.9. The Morgan fingerprint density at radius 2 is 2.00 bits per heavy atom. The number of hydrogen-bond acceptors (Lipinski definition) is 1. The van der Waals surface area contributed by atoms with E-state index in [1.807, 2.05) is 0 Å². The third-order valence-corrected chi connectivity index (χ3v) is 2.27.